The van der Waals surface area contributed by atoms with Crippen LogP contribution in [-0.4, -0.2) is 74.8 Å². The lowest BCUT2D eigenvalue weighted by molar-refractivity contribution is -0.151. The molecule has 0 aromatic heterocycles. The van der Waals surface area contributed by atoms with Crippen molar-refractivity contribution in [2.45, 2.75) is 39.2 Å². The van der Waals surface area contributed by atoms with E-state index in [0.29, 0.717) is 45.3 Å². The number of unbranched alkanes of at least 4 members (excludes halogenated alkanes) is 1. The summed E-state index contributed by atoms with van der Waals surface area (Å²) in [5.41, 5.74) is 0.722. The first-order chi connectivity index (χ1) is 15.0. The summed E-state index contributed by atoms with van der Waals surface area (Å²) in [6.45, 7) is 6.53. The predicted octanol–water partition coefficient (Wildman–Crippen LogP) is 1.57. The molecule has 0 aliphatic carbocycles. The first-order valence-corrected chi connectivity index (χ1v) is 10.8. The minimum Gasteiger partial charge on any atom is -0.491 e. The second kappa shape index (κ2) is 13.5. The van der Waals surface area contributed by atoms with Crippen LogP contribution >= 0.6 is 0 Å². The van der Waals surface area contributed by atoms with Crippen LogP contribution in [-0.2, 0) is 23.9 Å². The number of hydrogen-bond donors (Lipinski definition) is 2. The van der Waals surface area contributed by atoms with Crippen molar-refractivity contribution in [3.8, 4) is 5.75 Å². The number of esters is 1. The quantitative estimate of drug-likeness (QED) is 0.358. The number of hydrogen-bond acceptors (Lipinski definition) is 7. The summed E-state index contributed by atoms with van der Waals surface area (Å²) in [7, 11) is 0. The van der Waals surface area contributed by atoms with Crippen LogP contribution in [0, 0.1) is 0 Å². The van der Waals surface area contributed by atoms with Crippen molar-refractivity contribution in [3.05, 3.63) is 24.3 Å². The standard InChI is InChI=1S/C22H33N3O6/c1-3-5-11-31-21(27)15-19-22(28)23-9-10-25(19)20(26)16-24-17-7-6-8-18(14-17)30-13-12-29-4-2/h6-8,14,19,24H,3-5,9-13,15-16H2,1-2H3,(H,23,28). The largest absolute Gasteiger partial charge is 0.491 e. The normalized spacial score (nSPS) is 15.9. The molecule has 0 spiro atoms. The molecule has 0 radical (unpaired) electrons. The van der Waals surface area contributed by atoms with Gasteiger partial charge in [0.2, 0.25) is 11.8 Å². The zero-order valence-corrected chi connectivity index (χ0v) is 18.4. The summed E-state index contributed by atoms with van der Waals surface area (Å²) in [5, 5.41) is 5.78. The molecule has 31 heavy (non-hydrogen) atoms. The lowest BCUT2D eigenvalue weighted by Crippen LogP contribution is -2.58. The highest BCUT2D eigenvalue weighted by molar-refractivity contribution is 5.93. The predicted molar refractivity (Wildman–Crippen MR) is 116 cm³/mol. The van der Waals surface area contributed by atoms with E-state index >= 15 is 0 Å². The molecule has 1 atom stereocenters. The fourth-order valence-electron chi connectivity index (χ4n) is 3.10. The molecule has 2 amide bonds. The van der Waals surface area contributed by atoms with Crippen LogP contribution in [0.25, 0.3) is 0 Å². The summed E-state index contributed by atoms with van der Waals surface area (Å²) in [4.78, 5) is 38.6. The van der Waals surface area contributed by atoms with Crippen molar-refractivity contribution < 1.29 is 28.6 Å². The van der Waals surface area contributed by atoms with Gasteiger partial charge in [0.25, 0.3) is 0 Å². The molecular formula is C22H33N3O6. The Hall–Kier alpha value is -2.81. The third-order valence-corrected chi connectivity index (χ3v) is 4.75. The van der Waals surface area contributed by atoms with Crippen molar-refractivity contribution in [3.63, 3.8) is 0 Å². The Morgan fingerprint density at radius 1 is 1.23 bits per heavy atom. The Kier molecular flexibility index (Phi) is 10.6. The van der Waals surface area contributed by atoms with E-state index in [2.05, 4.69) is 10.6 Å². The minimum atomic E-state index is -0.856. The van der Waals surface area contributed by atoms with E-state index in [9.17, 15) is 14.4 Å². The van der Waals surface area contributed by atoms with Crippen molar-refractivity contribution in [1.29, 1.82) is 0 Å². The number of carbonyl (C=O) groups excluding carboxylic acids is 3. The number of anilines is 1. The summed E-state index contributed by atoms with van der Waals surface area (Å²) in [5.74, 6) is -0.402. The van der Waals surface area contributed by atoms with E-state index in [4.69, 9.17) is 14.2 Å². The fourth-order valence-corrected chi connectivity index (χ4v) is 3.10. The van der Waals surface area contributed by atoms with Gasteiger partial charge in [0, 0.05) is 31.5 Å². The molecule has 9 nitrogen and oxygen atoms in total. The van der Waals surface area contributed by atoms with Gasteiger partial charge in [-0.25, -0.2) is 0 Å². The molecule has 1 heterocycles. The van der Waals surface area contributed by atoms with Gasteiger partial charge in [-0.15, -0.1) is 0 Å². The smallest absolute Gasteiger partial charge is 0.308 e. The van der Waals surface area contributed by atoms with E-state index in [1.165, 1.54) is 4.90 Å². The first-order valence-electron chi connectivity index (χ1n) is 10.8. The highest BCUT2D eigenvalue weighted by Gasteiger charge is 2.34. The van der Waals surface area contributed by atoms with Gasteiger partial charge in [-0.1, -0.05) is 19.4 Å². The molecule has 2 N–H and O–H groups in total. The van der Waals surface area contributed by atoms with Gasteiger partial charge in [0.1, 0.15) is 18.4 Å². The molecule has 172 valence electrons. The lowest BCUT2D eigenvalue weighted by Gasteiger charge is -2.34. The average Bonchev–Trinajstić information content (AvgIpc) is 2.77. The van der Waals surface area contributed by atoms with E-state index in [-0.39, 0.29) is 24.8 Å². The third kappa shape index (κ3) is 8.45. The van der Waals surface area contributed by atoms with E-state index < -0.39 is 12.0 Å². The summed E-state index contributed by atoms with van der Waals surface area (Å²) >= 11 is 0. The van der Waals surface area contributed by atoms with Gasteiger partial charge in [-0.05, 0) is 25.5 Å². The van der Waals surface area contributed by atoms with Gasteiger partial charge in [0.05, 0.1) is 26.2 Å². The second-order valence-corrected chi connectivity index (χ2v) is 7.10. The van der Waals surface area contributed by atoms with Crippen LogP contribution in [0.3, 0.4) is 0 Å². The van der Waals surface area contributed by atoms with Gasteiger partial charge in [-0.3, -0.25) is 14.4 Å². The molecule has 9 heteroatoms. The molecular weight excluding hydrogens is 402 g/mol. The van der Waals surface area contributed by atoms with Crippen molar-refractivity contribution in [2.24, 2.45) is 0 Å². The summed E-state index contributed by atoms with van der Waals surface area (Å²) in [6.07, 6.45) is 1.53. The Balaban J connectivity index is 1.88. The minimum absolute atomic E-state index is 0.00292. The SMILES string of the molecule is CCCCOC(=O)CC1C(=O)NCCN1C(=O)CNc1cccc(OCCOCC)c1. The fraction of sp³-hybridized carbons (Fsp3) is 0.591. The van der Waals surface area contributed by atoms with E-state index in [0.717, 1.165) is 18.5 Å². The molecule has 1 unspecified atom stereocenters. The van der Waals surface area contributed by atoms with Crippen LogP contribution in [0.4, 0.5) is 5.69 Å². The molecule has 1 saturated heterocycles. The summed E-state index contributed by atoms with van der Waals surface area (Å²) < 4.78 is 16.0. The number of benzene rings is 1. The van der Waals surface area contributed by atoms with E-state index in [1.54, 1.807) is 6.07 Å². The van der Waals surface area contributed by atoms with Gasteiger partial charge >= 0.3 is 5.97 Å². The van der Waals surface area contributed by atoms with Crippen LogP contribution < -0.4 is 15.4 Å². The second-order valence-electron chi connectivity index (χ2n) is 7.10. The zero-order valence-electron chi connectivity index (χ0n) is 18.4. The first kappa shape index (κ1) is 24.5. The number of carbonyl (C=O) groups is 3. The Labute approximate surface area is 183 Å². The van der Waals surface area contributed by atoms with Crippen LogP contribution in [0.5, 0.6) is 5.75 Å². The topological polar surface area (TPSA) is 106 Å². The van der Waals surface area contributed by atoms with Crippen LogP contribution in [0.1, 0.15) is 33.1 Å². The number of rotatable bonds is 13. The Morgan fingerprint density at radius 2 is 2.06 bits per heavy atom. The van der Waals surface area contributed by atoms with Gasteiger partial charge in [-0.2, -0.15) is 0 Å². The maximum absolute atomic E-state index is 12.8. The Morgan fingerprint density at radius 3 is 2.84 bits per heavy atom. The van der Waals surface area contributed by atoms with Crippen LogP contribution in [0.2, 0.25) is 0 Å². The number of ether oxygens (including phenoxy) is 3. The van der Waals surface area contributed by atoms with Crippen molar-refractivity contribution in [2.75, 3.05) is 51.4 Å². The molecule has 0 bridgehead atoms. The highest BCUT2D eigenvalue weighted by Crippen LogP contribution is 2.18. The zero-order chi connectivity index (χ0) is 22.5. The van der Waals surface area contributed by atoms with Crippen LogP contribution in [0.15, 0.2) is 24.3 Å². The van der Waals surface area contributed by atoms with Gasteiger partial charge in [0.15, 0.2) is 0 Å². The van der Waals surface area contributed by atoms with Crippen molar-refractivity contribution >= 4 is 23.5 Å². The number of amides is 2. The average molecular weight is 436 g/mol. The van der Waals surface area contributed by atoms with Gasteiger partial charge < -0.3 is 29.7 Å². The molecule has 1 aromatic carbocycles. The Bertz CT molecular complexity index is 727. The van der Waals surface area contributed by atoms with Crippen molar-refractivity contribution in [1.82, 2.24) is 10.2 Å². The molecule has 1 aliphatic rings. The maximum Gasteiger partial charge on any atom is 0.308 e. The monoisotopic (exact) mass is 435 g/mol. The number of nitrogens with zero attached hydrogens (tertiary/aromatic N) is 1. The molecule has 1 aromatic rings. The molecule has 1 aliphatic heterocycles. The lowest BCUT2D eigenvalue weighted by atomic mass is 10.1. The molecule has 1 fully saturated rings. The maximum atomic E-state index is 12.8. The summed E-state index contributed by atoms with van der Waals surface area (Å²) in [6, 6.07) is 6.42. The highest BCUT2D eigenvalue weighted by atomic mass is 16.5. The number of piperazine rings is 1. The molecule has 0 saturated carbocycles. The number of nitrogens with one attached hydrogen (secondary N) is 2. The van der Waals surface area contributed by atoms with E-state index in [1.807, 2.05) is 32.0 Å². The molecule has 2 rings (SSSR count). The third-order valence-electron chi connectivity index (χ3n) is 4.75.